The largest absolute Gasteiger partial charge is 0.311 e. The summed E-state index contributed by atoms with van der Waals surface area (Å²) < 4.78 is 94.3. The van der Waals surface area contributed by atoms with Gasteiger partial charge in [-0.1, -0.05) is 190 Å². The van der Waals surface area contributed by atoms with Gasteiger partial charge in [-0.05, 0) is 98.6 Å². The Hall–Kier alpha value is -8.54. The summed E-state index contributed by atoms with van der Waals surface area (Å²) >= 11 is 0. The summed E-state index contributed by atoms with van der Waals surface area (Å²) in [5.41, 5.74) is 7.88. The van der Waals surface area contributed by atoms with Gasteiger partial charge in [0, 0.05) is 34.0 Å². The van der Waals surface area contributed by atoms with Crippen LogP contribution in [0.15, 0.2) is 230 Å². The fourth-order valence-corrected chi connectivity index (χ4v) is 9.33. The second-order valence-electron chi connectivity index (χ2n) is 17.5. The molecule has 5 heteroatoms. The Kier molecular flexibility index (Phi) is 7.37. The zero-order valence-corrected chi connectivity index (χ0v) is 36.9. The van der Waals surface area contributed by atoms with Gasteiger partial charge in [0.15, 0.2) is 0 Å². The number of hydrogen-bond acceptors (Lipinski definition) is 2. The molecule has 0 aliphatic rings. The molecule has 0 spiro atoms. The van der Waals surface area contributed by atoms with Gasteiger partial charge < -0.3 is 4.90 Å². The zero-order valence-electron chi connectivity index (χ0n) is 46.9. The summed E-state index contributed by atoms with van der Waals surface area (Å²) in [5, 5.41) is 3.96. The molecule has 0 saturated heterocycles. The van der Waals surface area contributed by atoms with Gasteiger partial charge in [0.25, 0.3) is 6.33 Å². The Labute approximate surface area is 404 Å². The molecule has 0 aliphatic heterocycles. The van der Waals surface area contributed by atoms with Crippen LogP contribution in [-0.2, 0) is 5.41 Å². The van der Waals surface area contributed by atoms with E-state index in [9.17, 15) is 5.48 Å². The van der Waals surface area contributed by atoms with E-state index in [1.807, 2.05) is 71.4 Å². The second kappa shape index (κ2) is 16.2. The first-order chi connectivity index (χ1) is 37.0. The number of rotatable bonds is 8. The molecule has 0 unspecified atom stereocenters. The summed E-state index contributed by atoms with van der Waals surface area (Å²) in [6, 6.07) is 48.9. The molecule has 0 aliphatic carbocycles. The highest BCUT2D eigenvalue weighted by atomic mass is 15.2. The SMILES string of the molecule is [2H]c1c([2H])c([2H])c(-c2cccc(-c3c([2H])c([2H])c([2H])c([2H])c3[2H])c2-[n+]2[c-]n(-c3cc(N(c4ccccc4)c4ccc5c6ccccc6n(-c6cc(C(C)(C)C)ccn6)c5c4)cc4ccccc34)c3ccccc32)c([2H])c1[2H]. The van der Waals surface area contributed by atoms with Crippen LogP contribution in [0.2, 0.25) is 0 Å². The number of nitrogens with zero attached hydrogens (tertiary/aromatic N) is 5. The third-order valence-corrected chi connectivity index (χ3v) is 12.5. The molecular weight excluding hydrogens is 815 g/mol. The van der Waals surface area contributed by atoms with Gasteiger partial charge in [-0.25, -0.2) is 4.98 Å². The molecule has 0 atom stereocenters. The van der Waals surface area contributed by atoms with Crippen LogP contribution in [0.3, 0.4) is 0 Å². The van der Waals surface area contributed by atoms with E-state index in [1.54, 1.807) is 22.8 Å². The Morgan fingerprint density at radius 3 is 1.91 bits per heavy atom. The summed E-state index contributed by atoms with van der Waals surface area (Å²) in [4.78, 5) is 7.18. The molecule has 3 aromatic heterocycles. The average molecular weight is 872 g/mol. The van der Waals surface area contributed by atoms with E-state index in [2.05, 4.69) is 121 Å². The van der Waals surface area contributed by atoms with Crippen molar-refractivity contribution in [2.45, 2.75) is 26.2 Å². The van der Waals surface area contributed by atoms with Crippen LogP contribution in [0.25, 0.3) is 83.1 Å². The second-order valence-corrected chi connectivity index (χ2v) is 17.5. The van der Waals surface area contributed by atoms with Crippen LogP contribution in [0.4, 0.5) is 17.1 Å². The fraction of sp³-hybridized carbons (Fsp3) is 0.0645. The van der Waals surface area contributed by atoms with Gasteiger partial charge in [0.05, 0.1) is 47.1 Å². The minimum absolute atomic E-state index is 0.110. The van der Waals surface area contributed by atoms with E-state index in [0.717, 1.165) is 66.7 Å². The van der Waals surface area contributed by atoms with Crippen molar-refractivity contribution in [3.05, 3.63) is 242 Å². The molecule has 67 heavy (non-hydrogen) atoms. The number of benzene rings is 9. The van der Waals surface area contributed by atoms with Gasteiger partial charge in [-0.2, -0.15) is 0 Å². The van der Waals surface area contributed by atoms with E-state index in [1.165, 1.54) is 0 Å². The first kappa shape index (κ1) is 30.6. The van der Waals surface area contributed by atoms with Gasteiger partial charge >= 0.3 is 0 Å². The third-order valence-electron chi connectivity index (χ3n) is 12.5. The molecule has 9 aromatic carbocycles. The van der Waals surface area contributed by atoms with E-state index in [-0.39, 0.29) is 33.4 Å². The first-order valence-electron chi connectivity index (χ1n) is 27.1. The molecule has 0 saturated carbocycles. The lowest BCUT2D eigenvalue weighted by Crippen LogP contribution is -2.31. The lowest BCUT2D eigenvalue weighted by atomic mass is 9.88. The smallest absolute Gasteiger partial charge is 0.269 e. The van der Waals surface area contributed by atoms with Crippen molar-refractivity contribution < 1.29 is 18.3 Å². The van der Waals surface area contributed by atoms with E-state index < -0.39 is 60.4 Å². The van der Waals surface area contributed by atoms with Gasteiger partial charge in [0.1, 0.15) is 5.82 Å². The number of para-hydroxylation sites is 5. The highest BCUT2D eigenvalue weighted by Crippen LogP contribution is 2.43. The molecule has 0 amide bonds. The van der Waals surface area contributed by atoms with Crippen molar-refractivity contribution in [2.24, 2.45) is 0 Å². The predicted octanol–water partition coefficient (Wildman–Crippen LogP) is 15.5. The maximum absolute atomic E-state index is 9.18. The molecule has 320 valence electrons. The van der Waals surface area contributed by atoms with Gasteiger partial charge in [-0.3, -0.25) is 13.7 Å². The molecule has 0 radical (unpaired) electrons. The number of hydrogen-bond donors (Lipinski definition) is 0. The van der Waals surface area contributed by atoms with E-state index in [0.29, 0.717) is 11.0 Å². The quantitative estimate of drug-likeness (QED) is 0.112. The third kappa shape index (κ3) is 6.95. The Bertz CT molecular complexity index is 4260. The number of pyridine rings is 1. The van der Waals surface area contributed by atoms with Crippen LogP contribution in [-0.4, -0.2) is 14.1 Å². The summed E-state index contributed by atoms with van der Waals surface area (Å²) in [7, 11) is 0. The molecular formula is C62H47N5. The van der Waals surface area contributed by atoms with E-state index in [4.69, 9.17) is 13.2 Å². The number of aromatic nitrogens is 4. The molecule has 0 bridgehead atoms. The minimum atomic E-state index is -0.565. The maximum Gasteiger partial charge on any atom is 0.269 e. The minimum Gasteiger partial charge on any atom is -0.311 e. The van der Waals surface area contributed by atoms with Crippen LogP contribution in [0, 0.1) is 6.33 Å². The molecule has 0 fully saturated rings. The summed E-state index contributed by atoms with van der Waals surface area (Å²) in [6.45, 7) is 6.60. The van der Waals surface area contributed by atoms with Crippen molar-refractivity contribution in [1.82, 2.24) is 14.1 Å². The highest BCUT2D eigenvalue weighted by Gasteiger charge is 2.24. The molecule has 12 rings (SSSR count). The lowest BCUT2D eigenvalue weighted by molar-refractivity contribution is -0.571. The van der Waals surface area contributed by atoms with Gasteiger partial charge in [0.2, 0.25) is 0 Å². The summed E-state index contributed by atoms with van der Waals surface area (Å²) in [6.07, 6.45) is 5.50. The van der Waals surface area contributed by atoms with Crippen molar-refractivity contribution in [3.8, 4) is 39.4 Å². The fourth-order valence-electron chi connectivity index (χ4n) is 9.33. The van der Waals surface area contributed by atoms with Gasteiger partial charge in [-0.15, -0.1) is 0 Å². The van der Waals surface area contributed by atoms with E-state index >= 15 is 0 Å². The Balaban J connectivity index is 1.14. The number of imidazole rings is 1. The number of anilines is 3. The van der Waals surface area contributed by atoms with Crippen LogP contribution < -0.4 is 9.47 Å². The summed E-state index contributed by atoms with van der Waals surface area (Å²) in [5.74, 6) is 0.811. The Morgan fingerprint density at radius 1 is 0.537 bits per heavy atom. The molecule has 0 N–H and O–H groups in total. The Morgan fingerprint density at radius 2 is 1.18 bits per heavy atom. The molecule has 3 heterocycles. The van der Waals surface area contributed by atoms with Crippen molar-refractivity contribution in [3.63, 3.8) is 0 Å². The maximum atomic E-state index is 9.18. The van der Waals surface area contributed by atoms with Crippen LogP contribution in [0.5, 0.6) is 0 Å². The van der Waals surface area contributed by atoms with Crippen molar-refractivity contribution in [2.75, 3.05) is 4.90 Å². The van der Waals surface area contributed by atoms with Crippen molar-refractivity contribution in [1.29, 1.82) is 0 Å². The van der Waals surface area contributed by atoms with Crippen LogP contribution >= 0.6 is 0 Å². The van der Waals surface area contributed by atoms with Crippen LogP contribution in [0.1, 0.15) is 40.0 Å². The normalized spacial score (nSPS) is 13.9. The number of fused-ring (bicyclic) bond motifs is 5. The monoisotopic (exact) mass is 871 g/mol. The van der Waals surface area contributed by atoms with Crippen molar-refractivity contribution >= 4 is 60.7 Å². The average Bonchev–Trinajstić information content (AvgIpc) is 4.15. The zero-order chi connectivity index (χ0) is 53.8. The lowest BCUT2D eigenvalue weighted by Gasteiger charge is -2.27. The first-order valence-corrected chi connectivity index (χ1v) is 22.1. The standard InChI is InChI=1S/C62H47N5/c1-62(2,3)46-36-37-63-60(39-46)67-55-31-16-15-28-53(55)54-35-34-48(40-59(54)67)66(47-25-11-6-12-26-47)49-38-45-24-13-14-27-50(45)58(41-49)64-42-65(57-33-18-17-32-56(57)64)61-51(43-20-7-4-8-21-43)29-19-30-52(61)44-22-9-5-10-23-44/h4-41H,1-3H3/i4D,5D,7D,8D,9D,10D,20D,21D,22D,23D. The molecule has 5 nitrogen and oxygen atoms in total. The predicted molar refractivity (Wildman–Crippen MR) is 278 cm³/mol. The topological polar surface area (TPSA) is 29.9 Å². The highest BCUT2D eigenvalue weighted by molar-refractivity contribution is 6.10. The molecule has 12 aromatic rings.